The van der Waals surface area contributed by atoms with Crippen LogP contribution in [0.15, 0.2) is 46.2 Å². The molecule has 3 heterocycles. The Bertz CT molecular complexity index is 910. The number of hydrogen-bond acceptors (Lipinski definition) is 8. The number of esters is 1. The van der Waals surface area contributed by atoms with Crippen LogP contribution in [-0.4, -0.2) is 72.0 Å². The van der Waals surface area contributed by atoms with E-state index < -0.39 is 11.7 Å². The fraction of sp³-hybridized carbons (Fsp3) is 0.577. The Labute approximate surface area is 211 Å². The number of aliphatic hydroxyl groups excluding tert-OH is 1. The van der Waals surface area contributed by atoms with Crippen molar-refractivity contribution in [1.82, 2.24) is 4.90 Å². The monoisotopic (exact) mass is 505 g/mol. The van der Waals surface area contributed by atoms with Crippen molar-refractivity contribution >= 4 is 29.5 Å². The van der Waals surface area contributed by atoms with Crippen molar-refractivity contribution in [2.24, 2.45) is 5.92 Å². The van der Waals surface area contributed by atoms with Crippen molar-refractivity contribution in [2.45, 2.75) is 51.0 Å². The summed E-state index contributed by atoms with van der Waals surface area (Å²) < 4.78 is 18.7. The van der Waals surface area contributed by atoms with Gasteiger partial charge in [0, 0.05) is 23.2 Å². The van der Waals surface area contributed by atoms with Gasteiger partial charge in [-0.3, -0.25) is 4.90 Å². The molecule has 0 saturated carbocycles. The van der Waals surface area contributed by atoms with Crippen LogP contribution in [-0.2, 0) is 20.9 Å². The topological polar surface area (TPSA) is 68.2 Å². The SMILES string of the molecule is COc1ccc(CO[C@](C)(C(=O)OCC2=CCN3CC[C@@H](O)[C@@H]23)[C@H](C)C=C2SCCCS2)cc1. The zero-order chi connectivity index (χ0) is 24.1. The average molecular weight is 506 g/mol. The Balaban J connectivity index is 1.46. The van der Waals surface area contributed by atoms with E-state index in [9.17, 15) is 9.90 Å². The number of ether oxygens (including phenoxy) is 3. The zero-order valence-electron chi connectivity index (χ0n) is 20.2. The van der Waals surface area contributed by atoms with Crippen molar-refractivity contribution in [3.8, 4) is 5.75 Å². The summed E-state index contributed by atoms with van der Waals surface area (Å²) in [6, 6.07) is 7.63. The minimum absolute atomic E-state index is 0.0335. The van der Waals surface area contributed by atoms with Crippen LogP contribution in [0.3, 0.4) is 0 Å². The number of carbonyl (C=O) groups is 1. The van der Waals surface area contributed by atoms with E-state index in [0.717, 1.165) is 47.9 Å². The number of nitrogens with zero attached hydrogens (tertiary/aromatic N) is 1. The van der Waals surface area contributed by atoms with Gasteiger partial charge in [-0.15, -0.1) is 23.5 Å². The van der Waals surface area contributed by atoms with Gasteiger partial charge in [-0.05, 0) is 54.5 Å². The molecule has 186 valence electrons. The summed E-state index contributed by atoms with van der Waals surface area (Å²) in [5.41, 5.74) is 0.808. The van der Waals surface area contributed by atoms with Crippen LogP contribution in [0.1, 0.15) is 32.3 Å². The van der Waals surface area contributed by atoms with E-state index in [0.29, 0.717) is 6.61 Å². The van der Waals surface area contributed by atoms with E-state index in [2.05, 4.69) is 17.1 Å². The van der Waals surface area contributed by atoms with E-state index in [4.69, 9.17) is 14.2 Å². The van der Waals surface area contributed by atoms with Gasteiger partial charge >= 0.3 is 5.97 Å². The van der Waals surface area contributed by atoms with E-state index >= 15 is 0 Å². The summed E-state index contributed by atoms with van der Waals surface area (Å²) >= 11 is 3.68. The van der Waals surface area contributed by atoms with Gasteiger partial charge in [0.2, 0.25) is 0 Å². The van der Waals surface area contributed by atoms with Crippen LogP contribution in [0.5, 0.6) is 5.75 Å². The second-order valence-corrected chi connectivity index (χ2v) is 11.8. The Morgan fingerprint density at radius 2 is 2.00 bits per heavy atom. The minimum Gasteiger partial charge on any atom is -0.497 e. The second kappa shape index (κ2) is 11.5. The van der Waals surface area contributed by atoms with Gasteiger partial charge in [0.25, 0.3) is 0 Å². The lowest BCUT2D eigenvalue weighted by Crippen LogP contribution is -2.46. The van der Waals surface area contributed by atoms with Crippen molar-refractivity contribution in [3.05, 3.63) is 51.8 Å². The maximum absolute atomic E-state index is 13.5. The second-order valence-electron chi connectivity index (χ2n) is 9.22. The highest BCUT2D eigenvalue weighted by atomic mass is 32.2. The highest BCUT2D eigenvalue weighted by Gasteiger charge is 2.43. The van der Waals surface area contributed by atoms with Gasteiger partial charge in [-0.1, -0.05) is 31.2 Å². The molecule has 1 aromatic carbocycles. The van der Waals surface area contributed by atoms with Crippen LogP contribution in [0.4, 0.5) is 0 Å². The summed E-state index contributed by atoms with van der Waals surface area (Å²) in [6.45, 7) is 6.01. The largest absolute Gasteiger partial charge is 0.497 e. The molecule has 0 unspecified atom stereocenters. The third-order valence-corrected chi connectivity index (χ3v) is 9.48. The molecule has 3 aliphatic rings. The number of rotatable bonds is 9. The molecular formula is C26H35NO5S2. The van der Waals surface area contributed by atoms with Crippen LogP contribution in [0, 0.1) is 5.92 Å². The predicted octanol–water partition coefficient (Wildman–Crippen LogP) is 4.24. The van der Waals surface area contributed by atoms with Crippen LogP contribution < -0.4 is 4.74 Å². The van der Waals surface area contributed by atoms with Gasteiger partial charge in [0.05, 0.1) is 25.9 Å². The first-order chi connectivity index (χ1) is 16.4. The van der Waals surface area contributed by atoms with E-state index in [1.165, 1.54) is 10.7 Å². The maximum atomic E-state index is 13.5. The van der Waals surface area contributed by atoms with Gasteiger partial charge in [-0.25, -0.2) is 4.79 Å². The average Bonchev–Trinajstić information content (AvgIpc) is 3.44. The minimum atomic E-state index is -1.14. The standard InChI is InChI=1S/C26H35NO5S2/c1-18(15-23-33-13-4-14-34-23)26(2,32-16-19-5-7-21(30-3)8-6-19)25(29)31-17-20-9-11-27-12-10-22(28)24(20)27/h5-9,15,18,22,24,28H,4,10-14,16-17H2,1-3H3/t18-,22-,24-,26+/m1/s1. The van der Waals surface area contributed by atoms with Crippen LogP contribution in [0.25, 0.3) is 0 Å². The van der Waals surface area contributed by atoms with E-state index in [-0.39, 0.29) is 24.5 Å². The van der Waals surface area contributed by atoms with Gasteiger partial charge < -0.3 is 19.3 Å². The Morgan fingerprint density at radius 3 is 2.71 bits per heavy atom. The van der Waals surface area contributed by atoms with E-state index in [1.807, 2.05) is 61.6 Å². The molecule has 0 spiro atoms. The molecule has 0 radical (unpaired) electrons. The number of methoxy groups -OCH3 is 1. The first kappa shape index (κ1) is 25.6. The van der Waals surface area contributed by atoms with Gasteiger partial charge in [0.1, 0.15) is 12.4 Å². The Morgan fingerprint density at radius 1 is 1.26 bits per heavy atom. The maximum Gasteiger partial charge on any atom is 0.339 e. The summed E-state index contributed by atoms with van der Waals surface area (Å²) in [6.07, 6.45) is 5.80. The molecule has 4 rings (SSSR count). The van der Waals surface area contributed by atoms with Gasteiger partial charge in [0.15, 0.2) is 5.60 Å². The molecule has 0 bridgehead atoms. The molecule has 2 saturated heterocycles. The summed E-state index contributed by atoms with van der Waals surface area (Å²) in [7, 11) is 1.64. The third-order valence-electron chi connectivity index (χ3n) is 6.94. The molecule has 8 heteroatoms. The molecule has 6 nitrogen and oxygen atoms in total. The normalized spacial score (nSPS) is 25.3. The fourth-order valence-electron chi connectivity index (χ4n) is 4.55. The molecule has 4 atom stereocenters. The van der Waals surface area contributed by atoms with Crippen molar-refractivity contribution in [1.29, 1.82) is 0 Å². The lowest BCUT2D eigenvalue weighted by Gasteiger charge is -2.33. The third kappa shape index (κ3) is 5.85. The highest BCUT2D eigenvalue weighted by Crippen LogP contribution is 2.38. The molecule has 1 N–H and O–H groups in total. The molecule has 0 aliphatic carbocycles. The van der Waals surface area contributed by atoms with Gasteiger partial charge in [-0.2, -0.15) is 0 Å². The first-order valence-electron chi connectivity index (χ1n) is 11.9. The lowest BCUT2D eigenvalue weighted by atomic mass is 9.90. The zero-order valence-corrected chi connectivity index (χ0v) is 21.8. The molecule has 3 aliphatic heterocycles. The summed E-state index contributed by atoms with van der Waals surface area (Å²) in [5, 5.41) is 10.3. The molecular weight excluding hydrogens is 470 g/mol. The lowest BCUT2D eigenvalue weighted by molar-refractivity contribution is -0.176. The molecule has 0 amide bonds. The first-order valence-corrected chi connectivity index (χ1v) is 13.9. The van der Waals surface area contributed by atoms with Crippen molar-refractivity contribution < 1.29 is 24.1 Å². The number of carbonyl (C=O) groups excluding carboxylic acids is 1. The smallest absolute Gasteiger partial charge is 0.339 e. The number of benzene rings is 1. The number of aliphatic hydroxyl groups is 1. The Kier molecular flexibility index (Phi) is 8.69. The quantitative estimate of drug-likeness (QED) is 0.395. The number of thioether (sulfide) groups is 2. The molecule has 2 fully saturated rings. The Hall–Kier alpha value is -1.45. The van der Waals surface area contributed by atoms with Crippen LogP contribution in [0.2, 0.25) is 0 Å². The van der Waals surface area contributed by atoms with Crippen molar-refractivity contribution in [2.75, 3.05) is 38.3 Å². The summed E-state index contributed by atoms with van der Waals surface area (Å²) in [4.78, 5) is 15.7. The highest BCUT2D eigenvalue weighted by molar-refractivity contribution is 8.22. The van der Waals surface area contributed by atoms with Crippen LogP contribution >= 0.6 is 23.5 Å². The fourth-order valence-corrected chi connectivity index (χ4v) is 7.15. The predicted molar refractivity (Wildman–Crippen MR) is 138 cm³/mol. The molecule has 0 aromatic heterocycles. The van der Waals surface area contributed by atoms with Crippen molar-refractivity contribution in [3.63, 3.8) is 0 Å². The van der Waals surface area contributed by atoms with E-state index in [1.54, 1.807) is 7.11 Å². The molecule has 1 aromatic rings. The molecule has 34 heavy (non-hydrogen) atoms. The number of fused-ring (bicyclic) bond motifs is 1. The number of hydrogen-bond donors (Lipinski definition) is 1. The summed E-state index contributed by atoms with van der Waals surface area (Å²) in [5.74, 6) is 2.45.